The molecule has 0 heterocycles. The van der Waals surface area contributed by atoms with Gasteiger partial charge in [0.05, 0.1) is 0 Å². The van der Waals surface area contributed by atoms with E-state index in [1.807, 2.05) is 0 Å². The average molecular weight is 217 g/mol. The summed E-state index contributed by atoms with van der Waals surface area (Å²) in [6.45, 7) is 6.85. The van der Waals surface area contributed by atoms with Gasteiger partial charge in [-0.1, -0.05) is 41.4 Å². The normalized spacial score (nSPS) is 32.3. The molecule has 1 aliphatic rings. The van der Waals surface area contributed by atoms with Crippen molar-refractivity contribution in [2.75, 3.05) is 0 Å². The molecule has 1 rings (SSSR count). The summed E-state index contributed by atoms with van der Waals surface area (Å²) in [7, 11) is 0. The van der Waals surface area contributed by atoms with E-state index in [1.165, 1.54) is 18.4 Å². The highest BCUT2D eigenvalue weighted by atomic mass is 79.9. The first-order chi connectivity index (χ1) is 5.11. The van der Waals surface area contributed by atoms with Gasteiger partial charge in [-0.2, -0.15) is 0 Å². The zero-order valence-corrected chi connectivity index (χ0v) is 9.19. The minimum absolute atomic E-state index is 0.642. The SMILES string of the molecule is CC1=CC[C@H](C(C)C)CC1Br. The highest BCUT2D eigenvalue weighted by Gasteiger charge is 2.21. The number of rotatable bonds is 1. The first kappa shape index (κ1) is 9.31. The summed E-state index contributed by atoms with van der Waals surface area (Å²) in [4.78, 5) is 0.642. The summed E-state index contributed by atoms with van der Waals surface area (Å²) < 4.78 is 0. The van der Waals surface area contributed by atoms with Crippen LogP contribution in [0.25, 0.3) is 0 Å². The van der Waals surface area contributed by atoms with Crippen LogP contribution < -0.4 is 0 Å². The lowest BCUT2D eigenvalue weighted by Gasteiger charge is -2.27. The van der Waals surface area contributed by atoms with Crippen molar-refractivity contribution in [3.05, 3.63) is 11.6 Å². The Bertz CT molecular complexity index is 158. The molecule has 0 amide bonds. The van der Waals surface area contributed by atoms with Gasteiger partial charge in [-0.05, 0) is 31.6 Å². The third kappa shape index (κ3) is 2.33. The lowest BCUT2D eigenvalue weighted by atomic mass is 9.83. The average Bonchev–Trinajstić information content (AvgIpc) is 1.94. The minimum Gasteiger partial charge on any atom is -0.0842 e. The van der Waals surface area contributed by atoms with Gasteiger partial charge in [0, 0.05) is 4.83 Å². The Hall–Kier alpha value is 0.220. The van der Waals surface area contributed by atoms with Gasteiger partial charge < -0.3 is 0 Å². The van der Waals surface area contributed by atoms with E-state index in [-0.39, 0.29) is 0 Å². The standard InChI is InChI=1S/C10H17Br/c1-7(2)9-5-4-8(3)10(11)6-9/h4,7,9-10H,5-6H2,1-3H3/t9-,10?/m0/s1. The topological polar surface area (TPSA) is 0 Å². The molecule has 0 aromatic carbocycles. The zero-order chi connectivity index (χ0) is 8.43. The molecule has 0 aromatic rings. The number of hydrogen-bond acceptors (Lipinski definition) is 0. The van der Waals surface area contributed by atoms with Crippen LogP contribution >= 0.6 is 15.9 Å². The van der Waals surface area contributed by atoms with Crippen LogP contribution in [0.4, 0.5) is 0 Å². The molecule has 0 saturated heterocycles. The maximum atomic E-state index is 3.69. The van der Waals surface area contributed by atoms with Crippen molar-refractivity contribution >= 4 is 15.9 Å². The molecule has 0 aliphatic heterocycles. The predicted molar refractivity (Wildman–Crippen MR) is 54.0 cm³/mol. The molecule has 64 valence electrons. The van der Waals surface area contributed by atoms with Gasteiger partial charge in [-0.25, -0.2) is 0 Å². The molecule has 0 radical (unpaired) electrons. The second-order valence-corrected chi connectivity index (χ2v) is 5.00. The van der Waals surface area contributed by atoms with Crippen molar-refractivity contribution in [3.63, 3.8) is 0 Å². The highest BCUT2D eigenvalue weighted by molar-refractivity contribution is 9.09. The Labute approximate surface area is 78.2 Å². The van der Waals surface area contributed by atoms with Gasteiger partial charge >= 0.3 is 0 Å². The fraction of sp³-hybridized carbons (Fsp3) is 0.800. The fourth-order valence-corrected chi connectivity index (χ4v) is 2.22. The van der Waals surface area contributed by atoms with Crippen molar-refractivity contribution in [3.8, 4) is 0 Å². The Kier molecular flexibility index (Phi) is 3.17. The Morgan fingerprint density at radius 2 is 2.18 bits per heavy atom. The van der Waals surface area contributed by atoms with Gasteiger partial charge in [0.15, 0.2) is 0 Å². The lowest BCUT2D eigenvalue weighted by Crippen LogP contribution is -2.18. The summed E-state index contributed by atoms with van der Waals surface area (Å²) in [5.74, 6) is 1.72. The smallest absolute Gasteiger partial charge is 0.0354 e. The largest absolute Gasteiger partial charge is 0.0842 e. The molecule has 0 N–H and O–H groups in total. The van der Waals surface area contributed by atoms with Crippen LogP contribution in [0.3, 0.4) is 0 Å². The third-order valence-electron chi connectivity index (χ3n) is 2.69. The molecule has 0 bridgehead atoms. The first-order valence-corrected chi connectivity index (χ1v) is 5.33. The van der Waals surface area contributed by atoms with E-state index < -0.39 is 0 Å². The highest BCUT2D eigenvalue weighted by Crippen LogP contribution is 2.32. The predicted octanol–water partition coefficient (Wildman–Crippen LogP) is 3.76. The molecule has 1 unspecified atom stereocenters. The number of allylic oxidation sites excluding steroid dienone is 2. The Balaban J connectivity index is 2.55. The van der Waals surface area contributed by atoms with Crippen molar-refractivity contribution in [1.29, 1.82) is 0 Å². The van der Waals surface area contributed by atoms with Crippen LogP contribution in [-0.4, -0.2) is 4.83 Å². The Morgan fingerprint density at radius 1 is 1.55 bits per heavy atom. The van der Waals surface area contributed by atoms with Gasteiger partial charge in [0.2, 0.25) is 0 Å². The van der Waals surface area contributed by atoms with E-state index in [9.17, 15) is 0 Å². The molecule has 1 heteroatoms. The summed E-state index contributed by atoms with van der Waals surface area (Å²) in [5, 5.41) is 0. The van der Waals surface area contributed by atoms with Gasteiger partial charge in [0.1, 0.15) is 0 Å². The van der Waals surface area contributed by atoms with Gasteiger partial charge in [-0.3, -0.25) is 0 Å². The van der Waals surface area contributed by atoms with E-state index in [1.54, 1.807) is 0 Å². The maximum Gasteiger partial charge on any atom is 0.0354 e. The van der Waals surface area contributed by atoms with Crippen LogP contribution in [0.5, 0.6) is 0 Å². The molecule has 0 spiro atoms. The van der Waals surface area contributed by atoms with Crippen molar-refractivity contribution < 1.29 is 0 Å². The zero-order valence-electron chi connectivity index (χ0n) is 7.60. The third-order valence-corrected chi connectivity index (χ3v) is 3.79. The quantitative estimate of drug-likeness (QED) is 0.463. The molecular formula is C10H17Br. The molecule has 0 fully saturated rings. The van der Waals surface area contributed by atoms with E-state index in [4.69, 9.17) is 0 Å². The van der Waals surface area contributed by atoms with E-state index in [0.29, 0.717) is 4.83 Å². The minimum atomic E-state index is 0.642. The van der Waals surface area contributed by atoms with Gasteiger partial charge in [-0.15, -0.1) is 0 Å². The van der Waals surface area contributed by atoms with Crippen molar-refractivity contribution in [2.24, 2.45) is 11.8 Å². The van der Waals surface area contributed by atoms with Crippen LogP contribution in [-0.2, 0) is 0 Å². The number of halogens is 1. The summed E-state index contributed by atoms with van der Waals surface area (Å²) in [6.07, 6.45) is 4.99. The van der Waals surface area contributed by atoms with Crippen molar-refractivity contribution in [2.45, 2.75) is 38.4 Å². The number of hydrogen-bond donors (Lipinski definition) is 0. The van der Waals surface area contributed by atoms with Crippen LogP contribution in [0.15, 0.2) is 11.6 Å². The molecule has 0 nitrogen and oxygen atoms in total. The second kappa shape index (κ2) is 3.75. The summed E-state index contributed by atoms with van der Waals surface area (Å²) in [5.41, 5.74) is 1.52. The van der Waals surface area contributed by atoms with E-state index >= 15 is 0 Å². The van der Waals surface area contributed by atoms with E-state index in [2.05, 4.69) is 42.8 Å². The summed E-state index contributed by atoms with van der Waals surface area (Å²) in [6, 6.07) is 0. The molecule has 1 aliphatic carbocycles. The lowest BCUT2D eigenvalue weighted by molar-refractivity contribution is 0.356. The molecular weight excluding hydrogens is 200 g/mol. The van der Waals surface area contributed by atoms with Crippen LogP contribution in [0, 0.1) is 11.8 Å². The fourth-order valence-electron chi connectivity index (χ4n) is 1.56. The first-order valence-electron chi connectivity index (χ1n) is 4.42. The van der Waals surface area contributed by atoms with Crippen molar-refractivity contribution in [1.82, 2.24) is 0 Å². The van der Waals surface area contributed by atoms with Crippen LogP contribution in [0.2, 0.25) is 0 Å². The van der Waals surface area contributed by atoms with Crippen LogP contribution in [0.1, 0.15) is 33.6 Å². The Morgan fingerprint density at radius 3 is 2.64 bits per heavy atom. The maximum absolute atomic E-state index is 3.69. The second-order valence-electron chi connectivity index (χ2n) is 3.89. The van der Waals surface area contributed by atoms with Gasteiger partial charge in [0.25, 0.3) is 0 Å². The number of alkyl halides is 1. The molecule has 0 aromatic heterocycles. The van der Waals surface area contributed by atoms with E-state index in [0.717, 1.165) is 11.8 Å². The molecule has 0 saturated carbocycles. The molecule has 11 heavy (non-hydrogen) atoms. The molecule has 2 atom stereocenters. The monoisotopic (exact) mass is 216 g/mol. The summed E-state index contributed by atoms with van der Waals surface area (Å²) >= 11 is 3.69.